The van der Waals surface area contributed by atoms with Gasteiger partial charge in [-0.2, -0.15) is 0 Å². The van der Waals surface area contributed by atoms with Crippen LogP contribution in [0.3, 0.4) is 0 Å². The second-order valence-electron chi connectivity index (χ2n) is 10.5. The molecule has 12 heteroatoms. The fraction of sp³-hybridized carbons (Fsp3) is 0.321. The number of carbonyl (C=O) groups excluding carboxylic acids is 2. The van der Waals surface area contributed by atoms with E-state index in [1.54, 1.807) is 31.2 Å². The number of phenols is 1. The summed E-state index contributed by atoms with van der Waals surface area (Å²) in [5, 5.41) is 14.5. The van der Waals surface area contributed by atoms with E-state index in [9.17, 15) is 27.5 Å². The van der Waals surface area contributed by atoms with Gasteiger partial charge >= 0.3 is 0 Å². The van der Waals surface area contributed by atoms with Gasteiger partial charge in [0.25, 0.3) is 15.9 Å². The summed E-state index contributed by atoms with van der Waals surface area (Å²) in [6.07, 6.45) is 1.47. The van der Waals surface area contributed by atoms with Crippen LogP contribution in [-0.4, -0.2) is 47.1 Å². The van der Waals surface area contributed by atoms with Gasteiger partial charge in [0, 0.05) is 50.1 Å². The topological polar surface area (TPSA) is 120 Å². The number of carbonyl (C=O) groups is 2. The first-order chi connectivity index (χ1) is 18.9. The number of pyridine rings is 1. The normalized spacial score (nSPS) is 23.4. The molecule has 0 spiro atoms. The number of aromatic hydroxyl groups is 1. The number of amides is 2. The molecule has 3 aromatic rings. The molecule has 2 amide bonds. The van der Waals surface area contributed by atoms with Crippen molar-refractivity contribution >= 4 is 50.2 Å². The van der Waals surface area contributed by atoms with Crippen LogP contribution in [0, 0.1) is 17.7 Å². The fourth-order valence-electron chi connectivity index (χ4n) is 6.17. The number of benzene rings is 2. The van der Waals surface area contributed by atoms with Crippen LogP contribution in [0.5, 0.6) is 5.75 Å². The number of phenolic OH excluding ortho intramolecular Hbond substituents is 1. The van der Waals surface area contributed by atoms with Crippen LogP contribution in [0.25, 0.3) is 10.9 Å². The van der Waals surface area contributed by atoms with Crippen molar-refractivity contribution in [2.45, 2.75) is 38.7 Å². The molecular formula is C28H27FN4O5S2. The summed E-state index contributed by atoms with van der Waals surface area (Å²) in [6, 6.07) is 9.06. The smallest absolute Gasteiger partial charge is 0.270 e. The summed E-state index contributed by atoms with van der Waals surface area (Å²) in [4.78, 5) is 30.5. The van der Waals surface area contributed by atoms with E-state index < -0.39 is 26.6 Å². The number of rotatable bonds is 6. The van der Waals surface area contributed by atoms with Gasteiger partial charge in [0.05, 0.1) is 11.3 Å². The largest absolute Gasteiger partial charge is 0.505 e. The van der Waals surface area contributed by atoms with Crippen molar-refractivity contribution in [2.75, 3.05) is 11.4 Å². The zero-order valence-electron chi connectivity index (χ0n) is 22.2. The molecule has 208 valence electrons. The molecule has 0 radical (unpaired) electrons. The van der Waals surface area contributed by atoms with Crippen molar-refractivity contribution in [1.82, 2.24) is 15.2 Å². The highest BCUT2D eigenvalue weighted by Gasteiger charge is 2.70. The van der Waals surface area contributed by atoms with Crippen molar-refractivity contribution < 1.29 is 27.5 Å². The van der Waals surface area contributed by atoms with Gasteiger partial charge in [0.15, 0.2) is 5.75 Å². The van der Waals surface area contributed by atoms with Crippen molar-refractivity contribution in [1.29, 1.82) is 0 Å². The minimum absolute atomic E-state index is 0.00123. The predicted octanol–water partition coefficient (Wildman–Crippen LogP) is 4.08. The average molecular weight is 583 g/mol. The zero-order valence-corrected chi connectivity index (χ0v) is 23.9. The van der Waals surface area contributed by atoms with Gasteiger partial charge in [-0.05, 0) is 48.2 Å². The van der Waals surface area contributed by atoms with Crippen molar-refractivity contribution in [3.05, 3.63) is 74.9 Å². The molecule has 40 heavy (non-hydrogen) atoms. The maximum atomic E-state index is 14.2. The predicted molar refractivity (Wildman–Crippen MR) is 150 cm³/mol. The second-order valence-corrected chi connectivity index (χ2v) is 14.0. The van der Waals surface area contributed by atoms with Gasteiger partial charge < -0.3 is 15.3 Å². The summed E-state index contributed by atoms with van der Waals surface area (Å²) in [6.45, 7) is 5.36. The minimum atomic E-state index is -4.12. The minimum Gasteiger partial charge on any atom is -0.505 e. The number of thioether (sulfide) groups is 1. The molecule has 2 aliphatic heterocycles. The van der Waals surface area contributed by atoms with E-state index in [-0.39, 0.29) is 57.6 Å². The van der Waals surface area contributed by atoms with E-state index in [0.29, 0.717) is 22.1 Å². The van der Waals surface area contributed by atoms with Crippen LogP contribution < -0.4 is 9.62 Å². The standard InChI is InChI=1S/C28H27FN4O5S2/c1-14-22-15(2)28(22,31-16(3)34)39-27(14)40(37,38)32(4)24-19-6-5-11-30-23(19)25(35)21-20(24)13-33(26(21)36)12-17-7-9-18(29)10-8-17/h5-11,15,22,35H,12-13H2,1-4H3,(H,31,34). The lowest BCUT2D eigenvalue weighted by atomic mass is 10.0. The van der Waals surface area contributed by atoms with E-state index in [2.05, 4.69) is 10.3 Å². The Kier molecular flexibility index (Phi) is 5.94. The summed E-state index contributed by atoms with van der Waals surface area (Å²) in [5.41, 5.74) is 2.12. The highest BCUT2D eigenvalue weighted by Crippen LogP contribution is 2.70. The van der Waals surface area contributed by atoms with Gasteiger partial charge in [-0.15, -0.1) is 0 Å². The zero-order chi connectivity index (χ0) is 28.7. The van der Waals surface area contributed by atoms with Crippen LogP contribution in [-0.2, 0) is 27.9 Å². The molecule has 1 saturated carbocycles. The van der Waals surface area contributed by atoms with Gasteiger partial charge in [-0.25, -0.2) is 12.8 Å². The van der Waals surface area contributed by atoms with E-state index in [1.165, 1.54) is 37.2 Å². The Hall–Kier alpha value is -3.64. The van der Waals surface area contributed by atoms with Crippen LogP contribution in [0.1, 0.15) is 42.3 Å². The first-order valence-corrected chi connectivity index (χ1v) is 15.0. The number of nitrogens with one attached hydrogen (secondary N) is 1. The molecule has 0 bridgehead atoms. The Labute approximate surface area is 235 Å². The third-order valence-electron chi connectivity index (χ3n) is 8.11. The molecular weight excluding hydrogens is 555 g/mol. The molecule has 1 aromatic heterocycles. The molecule has 3 atom stereocenters. The number of nitrogens with zero attached hydrogens (tertiary/aromatic N) is 3. The summed E-state index contributed by atoms with van der Waals surface area (Å²) in [5.74, 6) is -1.42. The lowest BCUT2D eigenvalue weighted by Crippen LogP contribution is -2.35. The Morgan fingerprint density at radius 2 is 2.00 bits per heavy atom. The summed E-state index contributed by atoms with van der Waals surface area (Å²) >= 11 is 1.15. The Morgan fingerprint density at radius 1 is 1.30 bits per heavy atom. The number of fused-ring (bicyclic) bond motifs is 3. The molecule has 3 aliphatic rings. The lowest BCUT2D eigenvalue weighted by Gasteiger charge is -2.26. The number of halogens is 1. The number of anilines is 1. The molecule has 9 nitrogen and oxygen atoms in total. The van der Waals surface area contributed by atoms with Gasteiger partial charge in [-0.3, -0.25) is 18.9 Å². The summed E-state index contributed by atoms with van der Waals surface area (Å²) in [7, 11) is -2.69. The lowest BCUT2D eigenvalue weighted by molar-refractivity contribution is -0.119. The third kappa shape index (κ3) is 3.72. The van der Waals surface area contributed by atoms with Crippen molar-refractivity contribution in [3.8, 4) is 5.75 Å². The van der Waals surface area contributed by atoms with E-state index in [0.717, 1.165) is 16.1 Å². The Bertz CT molecular complexity index is 1760. The molecule has 3 unspecified atom stereocenters. The molecule has 0 saturated heterocycles. The first kappa shape index (κ1) is 26.6. The van der Waals surface area contributed by atoms with Gasteiger partial charge in [0.1, 0.15) is 20.4 Å². The SMILES string of the molecule is CC(=O)NC12SC(S(=O)(=O)N(C)c3c4c(c(O)c5ncccc35)C(=O)N(Cc3ccc(F)cc3)C4)=C(C)C1C2C. The molecule has 6 rings (SSSR count). The summed E-state index contributed by atoms with van der Waals surface area (Å²) < 4.78 is 43.1. The molecule has 3 heterocycles. The van der Waals surface area contributed by atoms with Gasteiger partial charge in [0.2, 0.25) is 5.91 Å². The van der Waals surface area contributed by atoms with E-state index in [1.807, 2.05) is 6.92 Å². The highest BCUT2D eigenvalue weighted by molar-refractivity contribution is 8.20. The van der Waals surface area contributed by atoms with Crippen molar-refractivity contribution in [3.63, 3.8) is 0 Å². The fourth-order valence-corrected chi connectivity index (χ4v) is 10.1. The quantitative estimate of drug-likeness (QED) is 0.450. The molecule has 2 N–H and O–H groups in total. The average Bonchev–Trinajstić information content (AvgIpc) is 3.14. The number of hydrogen-bond donors (Lipinski definition) is 2. The highest BCUT2D eigenvalue weighted by atomic mass is 32.3. The number of sulfonamides is 1. The van der Waals surface area contributed by atoms with Crippen LogP contribution >= 0.6 is 11.8 Å². The number of hydrogen-bond acceptors (Lipinski definition) is 7. The maximum absolute atomic E-state index is 14.2. The second kappa shape index (κ2) is 8.93. The van der Waals surface area contributed by atoms with E-state index >= 15 is 0 Å². The Balaban J connectivity index is 1.44. The van der Waals surface area contributed by atoms with Crippen LogP contribution in [0.2, 0.25) is 0 Å². The van der Waals surface area contributed by atoms with Crippen LogP contribution in [0.4, 0.5) is 10.1 Å². The molecule has 1 fully saturated rings. The molecule has 2 aromatic carbocycles. The Morgan fingerprint density at radius 3 is 2.67 bits per heavy atom. The van der Waals surface area contributed by atoms with E-state index in [4.69, 9.17) is 0 Å². The third-order valence-corrected chi connectivity index (χ3v) is 12.3. The number of aromatic nitrogens is 1. The maximum Gasteiger partial charge on any atom is 0.270 e. The first-order valence-electron chi connectivity index (χ1n) is 12.7. The monoisotopic (exact) mass is 582 g/mol. The van der Waals surface area contributed by atoms with Crippen molar-refractivity contribution in [2.24, 2.45) is 11.8 Å². The van der Waals surface area contributed by atoms with Crippen LogP contribution in [0.15, 0.2) is 52.4 Å². The van der Waals surface area contributed by atoms with Gasteiger partial charge in [-0.1, -0.05) is 30.8 Å². The molecule has 1 aliphatic carbocycles.